The zero-order chi connectivity index (χ0) is 13.7. The van der Waals surface area contributed by atoms with Gasteiger partial charge in [-0.3, -0.25) is 4.79 Å². The molecule has 19 heavy (non-hydrogen) atoms. The summed E-state index contributed by atoms with van der Waals surface area (Å²) in [5.74, 6) is -0.219. The number of hydrogen-bond donors (Lipinski definition) is 1. The summed E-state index contributed by atoms with van der Waals surface area (Å²) >= 11 is 0. The van der Waals surface area contributed by atoms with Crippen molar-refractivity contribution in [2.45, 2.75) is 12.8 Å². The third kappa shape index (κ3) is 3.24. The number of carbonyl (C=O) groups excluding carboxylic acids is 2. The van der Waals surface area contributed by atoms with Gasteiger partial charge in [0.25, 0.3) is 0 Å². The minimum Gasteiger partial charge on any atom is -0.460 e. The summed E-state index contributed by atoms with van der Waals surface area (Å²) in [6.45, 7) is 1.48. The van der Waals surface area contributed by atoms with E-state index >= 15 is 0 Å². The minimum absolute atomic E-state index is 0.145. The molecule has 0 saturated carbocycles. The van der Waals surface area contributed by atoms with E-state index in [1.807, 2.05) is 12.1 Å². The number of likely N-dealkylation sites (tertiary alicyclic amines) is 1. The minimum atomic E-state index is -0.364. The first-order valence-corrected chi connectivity index (χ1v) is 6.44. The quantitative estimate of drug-likeness (QED) is 0.817. The lowest BCUT2D eigenvalue weighted by atomic mass is 10.2. The fourth-order valence-corrected chi connectivity index (χ4v) is 2.15. The first kappa shape index (κ1) is 13.4. The Hall–Kier alpha value is -2.04. The van der Waals surface area contributed by atoms with Gasteiger partial charge in [-0.05, 0) is 18.6 Å². The molecule has 0 bridgehead atoms. The largest absolute Gasteiger partial charge is 0.460 e. The van der Waals surface area contributed by atoms with E-state index in [-0.39, 0.29) is 18.5 Å². The van der Waals surface area contributed by atoms with Crippen molar-refractivity contribution in [1.29, 1.82) is 0 Å². The average molecular weight is 262 g/mol. The van der Waals surface area contributed by atoms with Crippen LogP contribution in [0.25, 0.3) is 0 Å². The smallest absolute Gasteiger partial charge is 0.340 e. The summed E-state index contributed by atoms with van der Waals surface area (Å²) in [5.41, 5.74) is 1.25. The highest BCUT2D eigenvalue weighted by molar-refractivity contribution is 5.95. The van der Waals surface area contributed by atoms with E-state index < -0.39 is 0 Å². The average Bonchev–Trinajstić information content (AvgIpc) is 2.84. The molecule has 1 aliphatic rings. The van der Waals surface area contributed by atoms with E-state index in [0.717, 1.165) is 18.7 Å². The van der Waals surface area contributed by atoms with Crippen molar-refractivity contribution in [3.8, 4) is 0 Å². The second kappa shape index (κ2) is 6.22. The van der Waals surface area contributed by atoms with Gasteiger partial charge in [-0.1, -0.05) is 12.1 Å². The van der Waals surface area contributed by atoms with Crippen molar-refractivity contribution in [1.82, 2.24) is 4.90 Å². The summed E-state index contributed by atoms with van der Waals surface area (Å²) in [6.07, 6.45) is 1.51. The second-order valence-electron chi connectivity index (χ2n) is 4.42. The first-order valence-electron chi connectivity index (χ1n) is 6.44. The van der Waals surface area contributed by atoms with Crippen molar-refractivity contribution in [2.75, 3.05) is 32.1 Å². The maximum Gasteiger partial charge on any atom is 0.340 e. The number of anilines is 1. The van der Waals surface area contributed by atoms with Gasteiger partial charge in [-0.2, -0.15) is 0 Å². The van der Waals surface area contributed by atoms with Crippen LogP contribution >= 0.6 is 0 Å². The summed E-state index contributed by atoms with van der Waals surface area (Å²) in [5, 5.41) is 2.95. The standard InChI is InChI=1S/C14H18N2O3/c1-15-12-6-3-2-5-11(12)14(18)19-10-9-16-8-4-7-13(16)17/h2-3,5-6,15H,4,7-10H2,1H3. The molecule has 1 amide bonds. The number of ether oxygens (including phenoxy) is 1. The Kier molecular flexibility index (Phi) is 4.39. The van der Waals surface area contributed by atoms with Crippen LogP contribution in [0.3, 0.4) is 0 Å². The van der Waals surface area contributed by atoms with Crippen LogP contribution in [0, 0.1) is 0 Å². The molecule has 1 saturated heterocycles. The molecule has 0 radical (unpaired) electrons. The molecule has 1 aromatic carbocycles. The van der Waals surface area contributed by atoms with Crippen LogP contribution < -0.4 is 5.32 Å². The Labute approximate surface area is 112 Å². The van der Waals surface area contributed by atoms with Gasteiger partial charge in [-0.25, -0.2) is 4.79 Å². The van der Waals surface area contributed by atoms with Gasteiger partial charge in [0.1, 0.15) is 6.61 Å². The Balaban J connectivity index is 1.85. The molecule has 5 nitrogen and oxygen atoms in total. The SMILES string of the molecule is CNc1ccccc1C(=O)OCCN1CCCC1=O. The van der Waals surface area contributed by atoms with Crippen molar-refractivity contribution >= 4 is 17.6 Å². The van der Waals surface area contributed by atoms with Crippen molar-refractivity contribution < 1.29 is 14.3 Å². The van der Waals surface area contributed by atoms with Crippen LogP contribution in [-0.4, -0.2) is 43.5 Å². The van der Waals surface area contributed by atoms with Crippen molar-refractivity contribution in [2.24, 2.45) is 0 Å². The number of amides is 1. The van der Waals surface area contributed by atoms with Crippen LogP contribution in [0.15, 0.2) is 24.3 Å². The van der Waals surface area contributed by atoms with E-state index in [2.05, 4.69) is 5.32 Å². The fraction of sp³-hybridized carbons (Fsp3) is 0.429. The molecular weight excluding hydrogens is 244 g/mol. The molecular formula is C14H18N2O3. The summed E-state index contributed by atoms with van der Waals surface area (Å²) in [4.78, 5) is 25.0. The number of para-hydroxylation sites is 1. The molecule has 1 N–H and O–H groups in total. The molecule has 2 rings (SSSR count). The highest BCUT2D eigenvalue weighted by atomic mass is 16.5. The number of nitrogens with one attached hydrogen (secondary N) is 1. The number of rotatable bonds is 5. The van der Waals surface area contributed by atoms with Gasteiger partial charge >= 0.3 is 5.97 Å². The predicted octanol–water partition coefficient (Wildman–Crippen LogP) is 1.51. The van der Waals surface area contributed by atoms with Gasteiger partial charge in [-0.15, -0.1) is 0 Å². The van der Waals surface area contributed by atoms with Gasteiger partial charge in [0, 0.05) is 25.7 Å². The molecule has 0 aromatic heterocycles. The van der Waals surface area contributed by atoms with Crippen molar-refractivity contribution in [3.63, 3.8) is 0 Å². The maximum atomic E-state index is 11.9. The Morgan fingerprint density at radius 2 is 2.21 bits per heavy atom. The molecule has 0 atom stereocenters. The third-order valence-electron chi connectivity index (χ3n) is 3.18. The van der Waals surface area contributed by atoms with Crippen molar-refractivity contribution in [3.05, 3.63) is 29.8 Å². The van der Waals surface area contributed by atoms with Crippen LogP contribution in [0.4, 0.5) is 5.69 Å². The van der Waals surface area contributed by atoms with Gasteiger partial charge in [0.2, 0.25) is 5.91 Å². The Morgan fingerprint density at radius 1 is 1.42 bits per heavy atom. The van der Waals surface area contributed by atoms with Crippen LogP contribution in [0.2, 0.25) is 0 Å². The van der Waals surface area contributed by atoms with E-state index in [1.165, 1.54) is 0 Å². The number of carbonyl (C=O) groups is 2. The van der Waals surface area contributed by atoms with E-state index in [4.69, 9.17) is 4.74 Å². The van der Waals surface area contributed by atoms with Crippen LogP contribution in [0.1, 0.15) is 23.2 Å². The van der Waals surface area contributed by atoms with Crippen LogP contribution in [0.5, 0.6) is 0 Å². The highest BCUT2D eigenvalue weighted by Gasteiger charge is 2.20. The zero-order valence-corrected chi connectivity index (χ0v) is 11.0. The topological polar surface area (TPSA) is 58.6 Å². The van der Waals surface area contributed by atoms with E-state index in [0.29, 0.717) is 18.5 Å². The molecule has 0 aliphatic carbocycles. The summed E-state index contributed by atoms with van der Waals surface area (Å²) in [7, 11) is 1.76. The predicted molar refractivity (Wildman–Crippen MR) is 72.1 cm³/mol. The molecule has 102 valence electrons. The molecule has 1 aliphatic heterocycles. The second-order valence-corrected chi connectivity index (χ2v) is 4.42. The number of benzene rings is 1. The third-order valence-corrected chi connectivity index (χ3v) is 3.18. The molecule has 1 aromatic rings. The fourth-order valence-electron chi connectivity index (χ4n) is 2.15. The molecule has 1 heterocycles. The van der Waals surface area contributed by atoms with Crippen LogP contribution in [-0.2, 0) is 9.53 Å². The summed E-state index contributed by atoms with van der Waals surface area (Å²) in [6, 6.07) is 7.18. The first-order chi connectivity index (χ1) is 9.22. The number of hydrogen-bond acceptors (Lipinski definition) is 4. The molecule has 5 heteroatoms. The molecule has 0 unspecified atom stereocenters. The normalized spacial score (nSPS) is 14.6. The zero-order valence-electron chi connectivity index (χ0n) is 11.0. The number of esters is 1. The monoisotopic (exact) mass is 262 g/mol. The lowest BCUT2D eigenvalue weighted by molar-refractivity contribution is -0.128. The van der Waals surface area contributed by atoms with E-state index in [1.54, 1.807) is 24.1 Å². The molecule has 1 fully saturated rings. The van der Waals surface area contributed by atoms with E-state index in [9.17, 15) is 9.59 Å². The van der Waals surface area contributed by atoms with Gasteiger partial charge < -0.3 is 15.0 Å². The Bertz CT molecular complexity index is 474. The van der Waals surface area contributed by atoms with Gasteiger partial charge in [0.05, 0.1) is 12.1 Å². The molecule has 0 spiro atoms. The maximum absolute atomic E-state index is 11.9. The highest BCUT2D eigenvalue weighted by Crippen LogP contribution is 2.15. The number of nitrogens with zero attached hydrogens (tertiary/aromatic N) is 1. The lowest BCUT2D eigenvalue weighted by Crippen LogP contribution is -2.29. The summed E-state index contributed by atoms with van der Waals surface area (Å²) < 4.78 is 5.21. The van der Waals surface area contributed by atoms with Gasteiger partial charge in [0.15, 0.2) is 0 Å². The Morgan fingerprint density at radius 3 is 2.89 bits per heavy atom. The lowest BCUT2D eigenvalue weighted by Gasteiger charge is -2.15.